The fourth-order valence-electron chi connectivity index (χ4n) is 2.65. The van der Waals surface area contributed by atoms with Gasteiger partial charge in [0.05, 0.1) is 25.1 Å². The van der Waals surface area contributed by atoms with Crippen LogP contribution in [-0.2, 0) is 19.5 Å². The zero-order chi connectivity index (χ0) is 16.9. The average molecular weight is 330 g/mol. The van der Waals surface area contributed by atoms with Gasteiger partial charge in [0.25, 0.3) is 0 Å². The van der Waals surface area contributed by atoms with Crippen molar-refractivity contribution in [3.63, 3.8) is 0 Å². The molecule has 128 valence electrons. The van der Waals surface area contributed by atoms with Crippen LogP contribution in [0.25, 0.3) is 11.6 Å². The molecule has 0 aliphatic rings. The van der Waals surface area contributed by atoms with Gasteiger partial charge in [0.1, 0.15) is 5.82 Å². The second-order valence-electron chi connectivity index (χ2n) is 5.61. The standard InChI is InChI=1S/C16H22N6O2/c1-11-13(12(2)22(21-11)7-8-23)10-17-6-5-15-18-16(20-19-15)14-4-3-9-24-14/h3-4,9,17,23H,5-8,10H2,1-2H3,(H,18,19,20). The van der Waals surface area contributed by atoms with E-state index in [0.717, 1.165) is 36.7 Å². The van der Waals surface area contributed by atoms with E-state index in [9.17, 15) is 0 Å². The van der Waals surface area contributed by atoms with Crippen molar-refractivity contribution in [2.45, 2.75) is 33.4 Å². The highest BCUT2D eigenvalue weighted by atomic mass is 16.3. The molecule has 8 nitrogen and oxygen atoms in total. The molecule has 0 amide bonds. The lowest BCUT2D eigenvalue weighted by Crippen LogP contribution is -2.18. The fourth-order valence-corrected chi connectivity index (χ4v) is 2.65. The van der Waals surface area contributed by atoms with Gasteiger partial charge in [0.2, 0.25) is 5.82 Å². The summed E-state index contributed by atoms with van der Waals surface area (Å²) in [5.41, 5.74) is 3.26. The predicted molar refractivity (Wildman–Crippen MR) is 88.3 cm³/mol. The molecule has 0 bridgehead atoms. The smallest absolute Gasteiger partial charge is 0.216 e. The number of nitrogens with one attached hydrogen (secondary N) is 2. The zero-order valence-corrected chi connectivity index (χ0v) is 13.9. The van der Waals surface area contributed by atoms with Gasteiger partial charge in [-0.2, -0.15) is 10.2 Å². The molecule has 8 heteroatoms. The summed E-state index contributed by atoms with van der Waals surface area (Å²) in [4.78, 5) is 4.42. The van der Waals surface area contributed by atoms with E-state index in [-0.39, 0.29) is 6.61 Å². The first kappa shape index (κ1) is 16.4. The summed E-state index contributed by atoms with van der Waals surface area (Å²) in [6, 6.07) is 3.65. The number of furan rings is 1. The molecule has 3 aromatic rings. The van der Waals surface area contributed by atoms with Gasteiger partial charge in [0.15, 0.2) is 5.76 Å². The number of hydrogen-bond acceptors (Lipinski definition) is 6. The molecule has 24 heavy (non-hydrogen) atoms. The molecule has 0 aliphatic heterocycles. The van der Waals surface area contributed by atoms with Gasteiger partial charge >= 0.3 is 0 Å². The normalized spacial score (nSPS) is 11.3. The third kappa shape index (κ3) is 3.55. The minimum Gasteiger partial charge on any atom is -0.461 e. The molecule has 0 spiro atoms. The molecule has 0 aromatic carbocycles. The summed E-state index contributed by atoms with van der Waals surface area (Å²) in [5, 5.41) is 24.0. The monoisotopic (exact) mass is 330 g/mol. The average Bonchev–Trinajstić information content (AvgIpc) is 3.28. The van der Waals surface area contributed by atoms with Crippen LogP contribution in [0.4, 0.5) is 0 Å². The van der Waals surface area contributed by atoms with Crippen LogP contribution in [0.2, 0.25) is 0 Å². The summed E-state index contributed by atoms with van der Waals surface area (Å²) in [5.74, 6) is 2.05. The number of aromatic amines is 1. The van der Waals surface area contributed by atoms with E-state index >= 15 is 0 Å². The molecular weight excluding hydrogens is 308 g/mol. The Hall–Kier alpha value is -2.45. The first-order chi connectivity index (χ1) is 11.7. The summed E-state index contributed by atoms with van der Waals surface area (Å²) in [6.45, 7) is 6.15. The van der Waals surface area contributed by atoms with E-state index in [0.29, 0.717) is 18.1 Å². The third-order valence-electron chi connectivity index (χ3n) is 3.96. The van der Waals surface area contributed by atoms with E-state index in [1.807, 2.05) is 30.7 Å². The molecule has 3 rings (SSSR count). The lowest BCUT2D eigenvalue weighted by atomic mass is 10.2. The van der Waals surface area contributed by atoms with Crippen LogP contribution in [0.5, 0.6) is 0 Å². The van der Waals surface area contributed by atoms with E-state index in [1.165, 1.54) is 5.56 Å². The van der Waals surface area contributed by atoms with Gasteiger partial charge in [-0.1, -0.05) is 0 Å². The Kier molecular flexibility index (Phi) is 5.07. The molecule has 3 aromatic heterocycles. The summed E-state index contributed by atoms with van der Waals surface area (Å²) < 4.78 is 7.12. The second kappa shape index (κ2) is 7.41. The maximum Gasteiger partial charge on any atom is 0.216 e. The van der Waals surface area contributed by atoms with E-state index in [2.05, 4.69) is 25.6 Å². The number of aliphatic hydroxyl groups excluding tert-OH is 1. The molecule has 0 atom stereocenters. The summed E-state index contributed by atoms with van der Waals surface area (Å²) in [6.07, 6.45) is 2.35. The Morgan fingerprint density at radius 1 is 1.38 bits per heavy atom. The van der Waals surface area contributed by atoms with Crippen molar-refractivity contribution in [3.05, 3.63) is 41.2 Å². The molecule has 3 N–H and O–H groups in total. The lowest BCUT2D eigenvalue weighted by Gasteiger charge is -2.05. The Bertz CT molecular complexity index is 775. The van der Waals surface area contributed by atoms with Crippen LogP contribution in [-0.4, -0.2) is 43.2 Å². The molecule has 0 fully saturated rings. The largest absolute Gasteiger partial charge is 0.461 e. The molecule has 3 heterocycles. The first-order valence-electron chi connectivity index (χ1n) is 7.98. The highest BCUT2D eigenvalue weighted by Gasteiger charge is 2.11. The van der Waals surface area contributed by atoms with Crippen LogP contribution < -0.4 is 5.32 Å². The molecule has 0 saturated carbocycles. The van der Waals surface area contributed by atoms with Crippen molar-refractivity contribution in [1.82, 2.24) is 30.3 Å². The van der Waals surface area contributed by atoms with Crippen LogP contribution in [0.15, 0.2) is 22.8 Å². The molecule has 0 saturated heterocycles. The first-order valence-corrected chi connectivity index (χ1v) is 7.98. The second-order valence-corrected chi connectivity index (χ2v) is 5.61. The number of aromatic nitrogens is 5. The van der Waals surface area contributed by atoms with Crippen LogP contribution in [0, 0.1) is 13.8 Å². The van der Waals surface area contributed by atoms with Gasteiger partial charge in [-0.3, -0.25) is 9.78 Å². The van der Waals surface area contributed by atoms with E-state index in [1.54, 1.807) is 6.26 Å². The van der Waals surface area contributed by atoms with Crippen LogP contribution in [0.1, 0.15) is 22.8 Å². The Labute approximate surface area is 139 Å². The van der Waals surface area contributed by atoms with Crippen molar-refractivity contribution < 1.29 is 9.52 Å². The van der Waals surface area contributed by atoms with E-state index < -0.39 is 0 Å². The number of hydrogen-bond donors (Lipinski definition) is 3. The lowest BCUT2D eigenvalue weighted by molar-refractivity contribution is 0.267. The SMILES string of the molecule is Cc1nn(CCO)c(C)c1CNCCc1nc(-c2ccco2)n[nH]1. The Morgan fingerprint density at radius 3 is 3.00 bits per heavy atom. The van der Waals surface area contributed by atoms with Gasteiger partial charge in [-0.25, -0.2) is 4.98 Å². The highest BCUT2D eigenvalue weighted by Crippen LogP contribution is 2.15. The van der Waals surface area contributed by atoms with Crippen molar-refractivity contribution >= 4 is 0 Å². The summed E-state index contributed by atoms with van der Waals surface area (Å²) >= 11 is 0. The number of aryl methyl sites for hydroxylation is 1. The quantitative estimate of drug-likeness (QED) is 0.536. The van der Waals surface area contributed by atoms with Crippen molar-refractivity contribution in [1.29, 1.82) is 0 Å². The van der Waals surface area contributed by atoms with Crippen LogP contribution in [0.3, 0.4) is 0 Å². The molecule has 0 radical (unpaired) electrons. The van der Waals surface area contributed by atoms with Gasteiger partial charge in [0, 0.05) is 30.8 Å². The maximum absolute atomic E-state index is 9.06. The van der Waals surface area contributed by atoms with Gasteiger partial charge < -0.3 is 14.8 Å². The number of H-pyrrole nitrogens is 1. The molecule has 0 unspecified atom stereocenters. The molecular formula is C16H22N6O2. The number of nitrogens with zero attached hydrogens (tertiary/aromatic N) is 4. The van der Waals surface area contributed by atoms with Crippen molar-refractivity contribution in [2.24, 2.45) is 0 Å². The topological polar surface area (TPSA) is 105 Å². The minimum atomic E-state index is 0.0956. The van der Waals surface area contributed by atoms with E-state index in [4.69, 9.17) is 9.52 Å². The Balaban J connectivity index is 1.51. The van der Waals surface area contributed by atoms with Gasteiger partial charge in [-0.15, -0.1) is 0 Å². The highest BCUT2D eigenvalue weighted by molar-refractivity contribution is 5.45. The number of rotatable bonds is 8. The minimum absolute atomic E-state index is 0.0956. The maximum atomic E-state index is 9.06. The van der Waals surface area contributed by atoms with Crippen molar-refractivity contribution in [2.75, 3.05) is 13.2 Å². The number of aliphatic hydroxyl groups is 1. The third-order valence-corrected chi connectivity index (χ3v) is 3.96. The Morgan fingerprint density at radius 2 is 2.25 bits per heavy atom. The fraction of sp³-hybridized carbons (Fsp3) is 0.438. The van der Waals surface area contributed by atoms with Crippen LogP contribution >= 0.6 is 0 Å². The zero-order valence-electron chi connectivity index (χ0n) is 13.9. The molecule has 0 aliphatic carbocycles. The predicted octanol–water partition coefficient (Wildman–Crippen LogP) is 1.20. The van der Waals surface area contributed by atoms with Crippen molar-refractivity contribution in [3.8, 4) is 11.6 Å². The van der Waals surface area contributed by atoms with Gasteiger partial charge in [-0.05, 0) is 26.0 Å². The summed E-state index contributed by atoms with van der Waals surface area (Å²) in [7, 11) is 0.